The van der Waals surface area contributed by atoms with E-state index in [2.05, 4.69) is 10.3 Å². The van der Waals surface area contributed by atoms with Crippen LogP contribution in [0.4, 0.5) is 0 Å². The maximum Gasteiger partial charge on any atom is 0.175 e. The second kappa shape index (κ2) is 7.78. The third-order valence-corrected chi connectivity index (χ3v) is 5.29. The summed E-state index contributed by atoms with van der Waals surface area (Å²) in [6, 6.07) is 12.4. The second-order valence-corrected chi connectivity index (χ2v) is 8.03. The molecule has 0 aromatic heterocycles. The molecule has 0 atom stereocenters. The number of rotatable bonds is 6. The minimum absolute atomic E-state index is 0.137. The fraction of sp³-hybridized carbons (Fsp3) is 0.316. The van der Waals surface area contributed by atoms with Gasteiger partial charge in [0.05, 0.1) is 12.0 Å². The van der Waals surface area contributed by atoms with E-state index in [1.165, 1.54) is 6.26 Å². The van der Waals surface area contributed by atoms with Gasteiger partial charge in [0.15, 0.2) is 21.3 Å². The molecule has 0 amide bonds. The first-order valence-corrected chi connectivity index (χ1v) is 10.3. The molecule has 0 aliphatic carbocycles. The summed E-state index contributed by atoms with van der Waals surface area (Å²) < 4.78 is 35.1. The summed E-state index contributed by atoms with van der Waals surface area (Å²) in [5.74, 6) is 1.98. The number of nitrogens with zero attached hydrogens (tertiary/aromatic N) is 1. The molecule has 0 radical (unpaired) electrons. The third-order valence-electron chi connectivity index (χ3n) is 4.09. The summed E-state index contributed by atoms with van der Waals surface area (Å²) in [5, 5.41) is 3.28. The number of methoxy groups -OCH3 is 1. The maximum absolute atomic E-state index is 11.9. The Morgan fingerprint density at radius 2 is 1.96 bits per heavy atom. The molecule has 138 valence electrons. The zero-order valence-corrected chi connectivity index (χ0v) is 15.7. The summed E-state index contributed by atoms with van der Waals surface area (Å²) in [7, 11) is -1.73. The quantitative estimate of drug-likeness (QED) is 0.840. The van der Waals surface area contributed by atoms with Crippen LogP contribution in [0.5, 0.6) is 11.5 Å². The largest absolute Gasteiger partial charge is 0.493 e. The maximum atomic E-state index is 11.9. The van der Waals surface area contributed by atoms with Crippen LogP contribution in [0.15, 0.2) is 52.4 Å². The minimum Gasteiger partial charge on any atom is -0.493 e. The van der Waals surface area contributed by atoms with Gasteiger partial charge in [0.2, 0.25) is 0 Å². The molecule has 1 aliphatic heterocycles. The van der Waals surface area contributed by atoms with Crippen molar-refractivity contribution in [1.29, 1.82) is 0 Å². The second-order valence-electron chi connectivity index (χ2n) is 6.04. The van der Waals surface area contributed by atoms with Crippen LogP contribution in [0.2, 0.25) is 0 Å². The Labute approximate surface area is 153 Å². The van der Waals surface area contributed by atoms with Crippen LogP contribution < -0.4 is 14.8 Å². The number of sulfone groups is 1. The van der Waals surface area contributed by atoms with Gasteiger partial charge >= 0.3 is 0 Å². The predicted molar refractivity (Wildman–Crippen MR) is 101 cm³/mol. The number of hydrogen-bond donors (Lipinski definition) is 1. The fourth-order valence-electron chi connectivity index (χ4n) is 2.80. The average Bonchev–Trinajstić information content (AvgIpc) is 2.66. The van der Waals surface area contributed by atoms with Crippen LogP contribution in [0, 0.1) is 0 Å². The van der Waals surface area contributed by atoms with Crippen LogP contribution >= 0.6 is 0 Å². The standard InChI is InChI=1S/C19H22N2O4S/c1-24-17-12-14(19-20-10-5-11-21-19)8-9-16(17)25-13-15-6-3-4-7-18(15)26(2,22)23/h3-4,6-9,12H,5,10-11,13H2,1-2H3,(H,20,21). The van der Waals surface area contributed by atoms with E-state index in [-0.39, 0.29) is 11.5 Å². The molecule has 6 nitrogen and oxygen atoms in total. The van der Waals surface area contributed by atoms with Crippen molar-refractivity contribution in [2.45, 2.75) is 17.9 Å². The minimum atomic E-state index is -3.31. The highest BCUT2D eigenvalue weighted by atomic mass is 32.2. The van der Waals surface area contributed by atoms with E-state index in [0.29, 0.717) is 17.1 Å². The molecule has 0 fully saturated rings. The van der Waals surface area contributed by atoms with Crippen molar-refractivity contribution in [2.75, 3.05) is 26.5 Å². The lowest BCUT2D eigenvalue weighted by molar-refractivity contribution is 0.282. The highest BCUT2D eigenvalue weighted by Crippen LogP contribution is 2.30. The molecule has 2 aromatic rings. The van der Waals surface area contributed by atoms with Crippen molar-refractivity contribution in [2.24, 2.45) is 4.99 Å². The summed E-state index contributed by atoms with van der Waals surface area (Å²) in [6.07, 6.45) is 2.22. The average molecular weight is 374 g/mol. The summed E-state index contributed by atoms with van der Waals surface area (Å²) in [5.41, 5.74) is 1.55. The van der Waals surface area contributed by atoms with Gasteiger partial charge in [-0.1, -0.05) is 18.2 Å². The molecule has 1 heterocycles. The van der Waals surface area contributed by atoms with Gasteiger partial charge in [0.25, 0.3) is 0 Å². The first-order chi connectivity index (χ1) is 12.5. The molecule has 3 rings (SSSR count). The van der Waals surface area contributed by atoms with Crippen molar-refractivity contribution in [1.82, 2.24) is 5.32 Å². The number of amidine groups is 1. The number of ether oxygens (including phenoxy) is 2. The molecule has 1 N–H and O–H groups in total. The van der Waals surface area contributed by atoms with E-state index in [9.17, 15) is 8.42 Å². The van der Waals surface area contributed by atoms with Crippen molar-refractivity contribution < 1.29 is 17.9 Å². The molecule has 0 saturated carbocycles. The Morgan fingerprint density at radius 1 is 1.15 bits per heavy atom. The van der Waals surface area contributed by atoms with Crippen LogP contribution in [0.25, 0.3) is 0 Å². The highest BCUT2D eigenvalue weighted by molar-refractivity contribution is 7.90. The molecule has 0 spiro atoms. The molecule has 2 aromatic carbocycles. The zero-order valence-electron chi connectivity index (χ0n) is 14.9. The summed E-state index contributed by atoms with van der Waals surface area (Å²) in [6.45, 7) is 1.85. The Kier molecular flexibility index (Phi) is 5.46. The Morgan fingerprint density at radius 3 is 2.65 bits per heavy atom. The van der Waals surface area contributed by atoms with E-state index >= 15 is 0 Å². The van der Waals surface area contributed by atoms with Gasteiger partial charge < -0.3 is 14.8 Å². The van der Waals surface area contributed by atoms with Gasteiger partial charge in [0.1, 0.15) is 12.4 Å². The zero-order chi connectivity index (χ0) is 18.6. The normalized spacial score (nSPS) is 14.3. The lowest BCUT2D eigenvalue weighted by atomic mass is 10.1. The van der Waals surface area contributed by atoms with E-state index in [1.807, 2.05) is 18.2 Å². The lowest BCUT2D eigenvalue weighted by Gasteiger charge is -2.17. The van der Waals surface area contributed by atoms with E-state index in [0.717, 1.165) is 30.9 Å². The Balaban J connectivity index is 1.82. The van der Waals surface area contributed by atoms with Crippen molar-refractivity contribution >= 4 is 15.7 Å². The van der Waals surface area contributed by atoms with Crippen LogP contribution in [0.1, 0.15) is 17.5 Å². The van der Waals surface area contributed by atoms with Gasteiger partial charge in [-0.25, -0.2) is 8.42 Å². The van der Waals surface area contributed by atoms with Gasteiger partial charge in [-0.3, -0.25) is 4.99 Å². The first kappa shape index (κ1) is 18.3. The Bertz CT molecular complexity index is 923. The smallest absolute Gasteiger partial charge is 0.175 e. The van der Waals surface area contributed by atoms with Crippen LogP contribution in [-0.2, 0) is 16.4 Å². The van der Waals surface area contributed by atoms with E-state index < -0.39 is 9.84 Å². The van der Waals surface area contributed by atoms with Crippen LogP contribution in [0.3, 0.4) is 0 Å². The molecule has 0 saturated heterocycles. The number of nitrogens with one attached hydrogen (secondary N) is 1. The lowest BCUT2D eigenvalue weighted by Crippen LogP contribution is -2.30. The number of benzene rings is 2. The Hall–Kier alpha value is -2.54. The van der Waals surface area contributed by atoms with Crippen molar-refractivity contribution in [3.8, 4) is 11.5 Å². The highest BCUT2D eigenvalue weighted by Gasteiger charge is 2.15. The summed E-state index contributed by atoms with van der Waals surface area (Å²) in [4.78, 5) is 4.75. The molecule has 0 unspecified atom stereocenters. The first-order valence-electron chi connectivity index (χ1n) is 8.36. The monoisotopic (exact) mass is 374 g/mol. The molecular formula is C19H22N2O4S. The predicted octanol–water partition coefficient (Wildman–Crippen LogP) is 2.42. The number of aliphatic imine (C=N–C) groups is 1. The molecule has 26 heavy (non-hydrogen) atoms. The number of hydrogen-bond acceptors (Lipinski definition) is 6. The van der Waals surface area contributed by atoms with Gasteiger partial charge in [-0.05, 0) is 30.7 Å². The van der Waals surface area contributed by atoms with Gasteiger partial charge in [-0.2, -0.15) is 0 Å². The van der Waals surface area contributed by atoms with Crippen LogP contribution in [-0.4, -0.2) is 40.7 Å². The molecule has 0 bridgehead atoms. The van der Waals surface area contributed by atoms with Crippen molar-refractivity contribution in [3.05, 3.63) is 53.6 Å². The van der Waals surface area contributed by atoms with Gasteiger partial charge in [-0.15, -0.1) is 0 Å². The molecule has 7 heteroatoms. The fourth-order valence-corrected chi connectivity index (χ4v) is 3.73. The van der Waals surface area contributed by atoms with E-state index in [1.54, 1.807) is 31.4 Å². The summed E-state index contributed by atoms with van der Waals surface area (Å²) >= 11 is 0. The van der Waals surface area contributed by atoms with E-state index in [4.69, 9.17) is 9.47 Å². The van der Waals surface area contributed by atoms with Crippen molar-refractivity contribution in [3.63, 3.8) is 0 Å². The molecule has 1 aliphatic rings. The third kappa shape index (κ3) is 4.16. The molecular weight excluding hydrogens is 352 g/mol. The topological polar surface area (TPSA) is 77.0 Å². The van der Waals surface area contributed by atoms with Gasteiger partial charge in [0, 0.05) is 30.5 Å². The SMILES string of the molecule is COc1cc(C2=NCCCN2)ccc1OCc1ccccc1S(C)(=O)=O.